The van der Waals surface area contributed by atoms with Gasteiger partial charge in [0.1, 0.15) is 0 Å². The Bertz CT molecular complexity index is 1200. The highest BCUT2D eigenvalue weighted by Crippen LogP contribution is 2.34. The zero-order chi connectivity index (χ0) is 17.6. The summed E-state index contributed by atoms with van der Waals surface area (Å²) in [6, 6.07) is 7.88. The van der Waals surface area contributed by atoms with Crippen LogP contribution in [0.4, 0.5) is 0 Å². The van der Waals surface area contributed by atoms with Crippen molar-refractivity contribution in [1.82, 2.24) is 24.1 Å². The molecule has 9 heteroatoms. The Morgan fingerprint density at radius 2 is 2.12 bits per heavy atom. The highest BCUT2D eigenvalue weighted by Gasteiger charge is 2.18. The first kappa shape index (κ1) is 15.9. The number of nitrogens with one attached hydrogen (secondary N) is 1. The molecule has 0 bridgehead atoms. The van der Waals surface area contributed by atoms with Crippen molar-refractivity contribution >= 4 is 44.5 Å². The molecule has 7 nitrogen and oxygen atoms in total. The molecule has 0 saturated carbocycles. The lowest BCUT2D eigenvalue weighted by Gasteiger charge is -2.03. The van der Waals surface area contributed by atoms with Crippen LogP contribution in [0.25, 0.3) is 21.4 Å². The molecule has 3 heterocycles. The van der Waals surface area contributed by atoms with Crippen LogP contribution in [0.3, 0.4) is 0 Å². The van der Waals surface area contributed by atoms with Crippen LogP contribution in [-0.2, 0) is 13.6 Å². The maximum absolute atomic E-state index is 12.3. The minimum Gasteiger partial charge on any atom is -0.309 e. The number of allylic oxidation sites excluding steroid dienone is 1. The topological polar surface area (TPSA) is 85.6 Å². The summed E-state index contributed by atoms with van der Waals surface area (Å²) >= 11 is 2.93. The van der Waals surface area contributed by atoms with E-state index in [2.05, 4.69) is 21.5 Å². The molecule has 0 unspecified atom stereocenters. The Hall–Kier alpha value is -2.65. The Balaban J connectivity index is 1.91. The maximum atomic E-state index is 12.3. The van der Waals surface area contributed by atoms with E-state index in [1.165, 1.54) is 16.3 Å². The SMILES string of the molecule is C=CCn1c(Sc2nc3ccccc3s2)nc2c1c(=O)[nH]c(=O)n2C. The number of fused-ring (bicyclic) bond motifs is 2. The number of H-pyrrole nitrogens is 1. The monoisotopic (exact) mass is 371 g/mol. The van der Waals surface area contributed by atoms with Gasteiger partial charge in [-0.25, -0.2) is 14.8 Å². The Morgan fingerprint density at radius 1 is 1.32 bits per heavy atom. The number of para-hydroxylation sites is 1. The standard InChI is InChI=1S/C16H13N5O2S2/c1-3-8-21-11-12(20(2)14(23)19-13(11)22)18-15(21)25-16-17-9-6-4-5-7-10(9)24-16/h3-7H,1,8H2,2H3,(H,19,22,23). The fraction of sp³-hybridized carbons (Fsp3) is 0.125. The van der Waals surface area contributed by atoms with Crippen molar-refractivity contribution in [3.8, 4) is 0 Å². The highest BCUT2D eigenvalue weighted by molar-refractivity contribution is 8.01. The zero-order valence-electron chi connectivity index (χ0n) is 13.2. The molecule has 0 spiro atoms. The molecule has 1 N–H and O–H groups in total. The summed E-state index contributed by atoms with van der Waals surface area (Å²) in [6.07, 6.45) is 1.69. The molecule has 4 aromatic rings. The molecule has 126 valence electrons. The first-order valence-electron chi connectivity index (χ1n) is 7.42. The van der Waals surface area contributed by atoms with E-state index >= 15 is 0 Å². The maximum Gasteiger partial charge on any atom is 0.329 e. The second-order valence-electron chi connectivity index (χ2n) is 5.33. The molecular weight excluding hydrogens is 358 g/mol. The fourth-order valence-corrected chi connectivity index (χ4v) is 4.63. The zero-order valence-corrected chi connectivity index (χ0v) is 14.9. The number of nitrogens with zero attached hydrogens (tertiary/aromatic N) is 4. The van der Waals surface area contributed by atoms with Crippen LogP contribution >= 0.6 is 23.1 Å². The quantitative estimate of drug-likeness (QED) is 0.557. The van der Waals surface area contributed by atoms with Gasteiger partial charge < -0.3 is 4.57 Å². The summed E-state index contributed by atoms with van der Waals surface area (Å²) in [5.74, 6) is 0. The average molecular weight is 371 g/mol. The Labute approximate surface area is 149 Å². The summed E-state index contributed by atoms with van der Waals surface area (Å²) in [4.78, 5) is 35.5. The third kappa shape index (κ3) is 2.61. The van der Waals surface area contributed by atoms with Gasteiger partial charge in [0.15, 0.2) is 20.7 Å². The molecule has 0 amide bonds. The number of imidazole rings is 1. The van der Waals surface area contributed by atoms with Crippen molar-refractivity contribution in [3.05, 3.63) is 57.8 Å². The third-order valence-electron chi connectivity index (χ3n) is 3.74. The predicted molar refractivity (Wildman–Crippen MR) is 99.5 cm³/mol. The summed E-state index contributed by atoms with van der Waals surface area (Å²) in [5.41, 5.74) is 0.678. The number of rotatable bonds is 4. The van der Waals surface area contributed by atoms with Gasteiger partial charge in [0.25, 0.3) is 5.56 Å². The van der Waals surface area contributed by atoms with E-state index in [1.807, 2.05) is 24.3 Å². The average Bonchev–Trinajstić information content (AvgIpc) is 3.15. The number of hydrogen-bond acceptors (Lipinski definition) is 6. The van der Waals surface area contributed by atoms with Gasteiger partial charge >= 0.3 is 5.69 Å². The van der Waals surface area contributed by atoms with Crippen LogP contribution < -0.4 is 11.2 Å². The van der Waals surface area contributed by atoms with Gasteiger partial charge in [-0.2, -0.15) is 0 Å². The van der Waals surface area contributed by atoms with Gasteiger partial charge in [-0.05, 0) is 23.9 Å². The van der Waals surface area contributed by atoms with E-state index in [0.29, 0.717) is 22.9 Å². The first-order chi connectivity index (χ1) is 12.1. The van der Waals surface area contributed by atoms with Gasteiger partial charge in [0.05, 0.1) is 10.2 Å². The van der Waals surface area contributed by atoms with Gasteiger partial charge in [-0.1, -0.05) is 18.2 Å². The van der Waals surface area contributed by atoms with Crippen molar-refractivity contribution in [3.63, 3.8) is 0 Å². The van der Waals surface area contributed by atoms with Crippen molar-refractivity contribution < 1.29 is 0 Å². The number of aromatic nitrogens is 5. The molecular formula is C16H13N5O2S2. The summed E-state index contributed by atoms with van der Waals surface area (Å²) in [7, 11) is 1.58. The van der Waals surface area contributed by atoms with Gasteiger partial charge in [-0.15, -0.1) is 17.9 Å². The summed E-state index contributed by atoms with van der Waals surface area (Å²) < 4.78 is 4.99. The van der Waals surface area contributed by atoms with E-state index < -0.39 is 11.2 Å². The molecule has 0 fully saturated rings. The van der Waals surface area contributed by atoms with Crippen LogP contribution in [-0.4, -0.2) is 24.1 Å². The van der Waals surface area contributed by atoms with Crippen LogP contribution in [0.5, 0.6) is 0 Å². The predicted octanol–water partition coefficient (Wildman–Crippen LogP) is 2.37. The molecule has 0 saturated heterocycles. The molecule has 3 aromatic heterocycles. The largest absolute Gasteiger partial charge is 0.329 e. The van der Waals surface area contributed by atoms with Crippen molar-refractivity contribution in [2.45, 2.75) is 16.0 Å². The van der Waals surface area contributed by atoms with Gasteiger partial charge in [-0.3, -0.25) is 14.3 Å². The Morgan fingerprint density at radius 3 is 2.88 bits per heavy atom. The molecule has 25 heavy (non-hydrogen) atoms. The molecule has 0 aliphatic carbocycles. The first-order valence-corrected chi connectivity index (χ1v) is 9.05. The number of aromatic amines is 1. The second-order valence-corrected chi connectivity index (χ2v) is 7.58. The van der Waals surface area contributed by atoms with Gasteiger partial charge in [0.2, 0.25) is 0 Å². The van der Waals surface area contributed by atoms with Crippen molar-refractivity contribution in [1.29, 1.82) is 0 Å². The Kier molecular flexibility index (Phi) is 3.81. The van der Waals surface area contributed by atoms with Crippen LogP contribution in [0.1, 0.15) is 0 Å². The lowest BCUT2D eigenvalue weighted by molar-refractivity contribution is 0.745. The molecule has 0 radical (unpaired) electrons. The van der Waals surface area contributed by atoms with E-state index in [1.54, 1.807) is 29.0 Å². The fourth-order valence-electron chi connectivity index (χ4n) is 2.56. The van der Waals surface area contributed by atoms with E-state index in [9.17, 15) is 9.59 Å². The van der Waals surface area contributed by atoms with Crippen LogP contribution in [0.15, 0.2) is 56.0 Å². The van der Waals surface area contributed by atoms with E-state index in [0.717, 1.165) is 14.6 Å². The molecule has 0 aliphatic heterocycles. The molecule has 0 aliphatic rings. The smallest absolute Gasteiger partial charge is 0.309 e. The van der Waals surface area contributed by atoms with Gasteiger partial charge in [0, 0.05) is 13.6 Å². The van der Waals surface area contributed by atoms with E-state index in [-0.39, 0.29) is 0 Å². The van der Waals surface area contributed by atoms with Crippen molar-refractivity contribution in [2.75, 3.05) is 0 Å². The van der Waals surface area contributed by atoms with Crippen molar-refractivity contribution in [2.24, 2.45) is 7.05 Å². The lowest BCUT2D eigenvalue weighted by Crippen LogP contribution is -2.29. The number of benzene rings is 1. The molecule has 4 rings (SSSR count). The minimum absolute atomic E-state index is 0.346. The highest BCUT2D eigenvalue weighted by atomic mass is 32.2. The molecule has 0 atom stereocenters. The van der Waals surface area contributed by atoms with E-state index in [4.69, 9.17) is 0 Å². The summed E-state index contributed by atoms with van der Waals surface area (Å²) in [5, 5.41) is 0.598. The second kappa shape index (κ2) is 6.01. The van der Waals surface area contributed by atoms with Crippen LogP contribution in [0.2, 0.25) is 0 Å². The number of aryl methyl sites for hydroxylation is 1. The third-order valence-corrected chi connectivity index (χ3v) is 5.83. The molecule has 1 aromatic carbocycles. The lowest BCUT2D eigenvalue weighted by atomic mass is 10.3. The summed E-state index contributed by atoms with van der Waals surface area (Å²) in [6.45, 7) is 4.15. The minimum atomic E-state index is -0.489. The number of hydrogen-bond donors (Lipinski definition) is 1. The number of thiazole rings is 1. The van der Waals surface area contributed by atoms with Crippen LogP contribution in [0, 0.1) is 0 Å². The normalized spacial score (nSPS) is 11.4.